The number of rotatable bonds is 6. The Labute approximate surface area is 116 Å². The van der Waals surface area contributed by atoms with Gasteiger partial charge in [0.2, 0.25) is 0 Å². The van der Waals surface area contributed by atoms with Gasteiger partial charge in [-0.1, -0.05) is 18.2 Å². The lowest BCUT2D eigenvalue weighted by atomic mass is 10.1. The largest absolute Gasteiger partial charge is 0.461 e. The number of fused-ring (bicyclic) bond motifs is 1. The molecule has 0 aliphatic carbocycles. The van der Waals surface area contributed by atoms with Crippen molar-refractivity contribution in [2.24, 2.45) is 0 Å². The van der Waals surface area contributed by atoms with Crippen molar-refractivity contribution in [3.8, 4) is 0 Å². The highest BCUT2D eigenvalue weighted by atomic mass is 16.5. The SMILES string of the molecule is CCOC(=O)c1nnc2ccccc2c1NCCCO. The van der Waals surface area contributed by atoms with Gasteiger partial charge in [-0.25, -0.2) is 4.79 Å². The number of nitrogens with zero attached hydrogens (tertiary/aromatic N) is 2. The first kappa shape index (κ1) is 14.2. The first-order valence-corrected chi connectivity index (χ1v) is 6.55. The van der Waals surface area contributed by atoms with E-state index in [4.69, 9.17) is 9.84 Å². The summed E-state index contributed by atoms with van der Waals surface area (Å²) in [6.07, 6.45) is 0.582. The molecule has 0 unspecified atom stereocenters. The van der Waals surface area contributed by atoms with Crippen LogP contribution in [-0.4, -0.2) is 41.0 Å². The fourth-order valence-corrected chi connectivity index (χ4v) is 1.87. The minimum atomic E-state index is -0.503. The predicted octanol–water partition coefficient (Wildman–Crippen LogP) is 1.60. The maximum Gasteiger partial charge on any atom is 0.361 e. The number of anilines is 1. The third-order valence-corrected chi connectivity index (χ3v) is 2.77. The molecule has 0 bridgehead atoms. The third-order valence-electron chi connectivity index (χ3n) is 2.77. The van der Waals surface area contributed by atoms with Gasteiger partial charge in [0.25, 0.3) is 0 Å². The number of hydrogen-bond donors (Lipinski definition) is 2. The van der Waals surface area contributed by atoms with E-state index in [0.717, 1.165) is 5.39 Å². The highest BCUT2D eigenvalue weighted by molar-refractivity contribution is 6.03. The zero-order valence-electron chi connectivity index (χ0n) is 11.3. The number of carbonyl (C=O) groups is 1. The van der Waals surface area contributed by atoms with Crippen molar-refractivity contribution >= 4 is 22.6 Å². The van der Waals surface area contributed by atoms with Gasteiger partial charge in [0.1, 0.15) is 0 Å². The van der Waals surface area contributed by atoms with Crippen LogP contribution in [0.25, 0.3) is 10.9 Å². The van der Waals surface area contributed by atoms with Crippen LogP contribution < -0.4 is 5.32 Å². The van der Waals surface area contributed by atoms with Crippen molar-refractivity contribution in [1.29, 1.82) is 0 Å². The van der Waals surface area contributed by atoms with Crippen LogP contribution in [0.4, 0.5) is 5.69 Å². The topological polar surface area (TPSA) is 84.3 Å². The van der Waals surface area contributed by atoms with Gasteiger partial charge in [-0.15, -0.1) is 10.2 Å². The number of benzene rings is 1. The molecule has 1 aromatic carbocycles. The second kappa shape index (κ2) is 6.81. The van der Waals surface area contributed by atoms with Crippen LogP contribution in [-0.2, 0) is 4.74 Å². The molecule has 0 radical (unpaired) electrons. The van der Waals surface area contributed by atoms with Crippen LogP contribution in [0, 0.1) is 0 Å². The maximum absolute atomic E-state index is 11.9. The molecular formula is C14H17N3O3. The minimum absolute atomic E-state index is 0.0815. The second-order valence-electron chi connectivity index (χ2n) is 4.17. The van der Waals surface area contributed by atoms with Gasteiger partial charge in [-0.3, -0.25) is 0 Å². The van der Waals surface area contributed by atoms with Gasteiger partial charge in [0.15, 0.2) is 5.69 Å². The second-order valence-corrected chi connectivity index (χ2v) is 4.17. The molecule has 2 aromatic rings. The Morgan fingerprint density at radius 2 is 2.15 bits per heavy atom. The van der Waals surface area contributed by atoms with Crippen LogP contribution in [0.2, 0.25) is 0 Å². The Bertz CT molecular complexity index is 601. The Morgan fingerprint density at radius 1 is 1.35 bits per heavy atom. The molecule has 20 heavy (non-hydrogen) atoms. The lowest BCUT2D eigenvalue weighted by Gasteiger charge is -2.12. The zero-order valence-corrected chi connectivity index (χ0v) is 11.3. The fourth-order valence-electron chi connectivity index (χ4n) is 1.87. The number of carbonyl (C=O) groups excluding carboxylic acids is 1. The number of ether oxygens (including phenoxy) is 1. The monoisotopic (exact) mass is 275 g/mol. The number of aliphatic hydroxyl groups excluding tert-OH is 1. The van der Waals surface area contributed by atoms with E-state index >= 15 is 0 Å². The fraction of sp³-hybridized carbons (Fsp3) is 0.357. The van der Waals surface area contributed by atoms with Gasteiger partial charge in [-0.2, -0.15) is 0 Å². The highest BCUT2D eigenvalue weighted by Gasteiger charge is 2.18. The van der Waals surface area contributed by atoms with Gasteiger partial charge in [0.05, 0.1) is 17.8 Å². The summed E-state index contributed by atoms with van der Waals surface area (Å²) in [5.74, 6) is -0.503. The van der Waals surface area contributed by atoms with Crippen molar-refractivity contribution in [3.63, 3.8) is 0 Å². The lowest BCUT2D eigenvalue weighted by Crippen LogP contribution is -2.14. The highest BCUT2D eigenvalue weighted by Crippen LogP contribution is 2.24. The number of nitrogens with one attached hydrogen (secondary N) is 1. The van der Waals surface area contributed by atoms with Gasteiger partial charge in [-0.05, 0) is 19.4 Å². The van der Waals surface area contributed by atoms with Gasteiger partial charge in [0, 0.05) is 18.5 Å². The summed E-state index contributed by atoms with van der Waals surface area (Å²) >= 11 is 0. The van der Waals surface area contributed by atoms with E-state index in [0.29, 0.717) is 24.2 Å². The molecule has 2 N–H and O–H groups in total. The molecule has 0 aliphatic rings. The minimum Gasteiger partial charge on any atom is -0.461 e. The molecule has 0 atom stereocenters. The smallest absolute Gasteiger partial charge is 0.361 e. The van der Waals surface area contributed by atoms with Crippen LogP contribution >= 0.6 is 0 Å². The predicted molar refractivity (Wildman–Crippen MR) is 75.7 cm³/mol. The van der Waals surface area contributed by atoms with E-state index in [-0.39, 0.29) is 18.9 Å². The molecular weight excluding hydrogens is 258 g/mol. The molecule has 2 rings (SSSR count). The van der Waals surface area contributed by atoms with Crippen molar-refractivity contribution in [2.45, 2.75) is 13.3 Å². The molecule has 0 fully saturated rings. The molecule has 106 valence electrons. The summed E-state index contributed by atoms with van der Waals surface area (Å²) in [6.45, 7) is 2.64. The number of hydrogen-bond acceptors (Lipinski definition) is 6. The van der Waals surface area contributed by atoms with Crippen molar-refractivity contribution < 1.29 is 14.6 Å². The first-order valence-electron chi connectivity index (χ1n) is 6.55. The van der Waals surface area contributed by atoms with E-state index in [1.165, 1.54) is 0 Å². The van der Waals surface area contributed by atoms with Crippen LogP contribution in [0.5, 0.6) is 0 Å². The summed E-state index contributed by atoms with van der Waals surface area (Å²) in [5.41, 5.74) is 1.47. The Hall–Kier alpha value is -2.21. The summed E-state index contributed by atoms with van der Waals surface area (Å²) in [6, 6.07) is 7.43. The zero-order chi connectivity index (χ0) is 14.4. The number of aliphatic hydroxyl groups is 1. The van der Waals surface area contributed by atoms with Crippen LogP contribution in [0.15, 0.2) is 24.3 Å². The third kappa shape index (κ3) is 3.03. The van der Waals surface area contributed by atoms with E-state index < -0.39 is 5.97 Å². The summed E-state index contributed by atoms with van der Waals surface area (Å²) in [4.78, 5) is 11.9. The van der Waals surface area contributed by atoms with E-state index in [1.54, 1.807) is 6.92 Å². The molecule has 0 saturated carbocycles. The average Bonchev–Trinajstić information content (AvgIpc) is 2.47. The van der Waals surface area contributed by atoms with Crippen molar-refractivity contribution in [2.75, 3.05) is 25.1 Å². The van der Waals surface area contributed by atoms with Gasteiger partial charge >= 0.3 is 5.97 Å². The van der Waals surface area contributed by atoms with Crippen LogP contribution in [0.1, 0.15) is 23.8 Å². The standard InChI is InChI=1S/C14H17N3O3/c1-2-20-14(19)13-12(15-8-5-9-18)10-6-3-4-7-11(10)16-17-13/h3-4,6-7,18H,2,5,8-9H2,1H3,(H,15,16). The van der Waals surface area contributed by atoms with E-state index in [1.807, 2.05) is 24.3 Å². The molecule has 0 saturated heterocycles. The van der Waals surface area contributed by atoms with Crippen molar-refractivity contribution in [3.05, 3.63) is 30.0 Å². The summed E-state index contributed by atoms with van der Waals surface area (Å²) in [7, 11) is 0. The normalized spacial score (nSPS) is 10.5. The Morgan fingerprint density at radius 3 is 2.90 bits per heavy atom. The Balaban J connectivity index is 2.44. The average molecular weight is 275 g/mol. The lowest BCUT2D eigenvalue weighted by molar-refractivity contribution is 0.0519. The summed E-state index contributed by atoms with van der Waals surface area (Å²) in [5, 5.41) is 20.8. The molecule has 0 aliphatic heterocycles. The van der Waals surface area contributed by atoms with Crippen molar-refractivity contribution in [1.82, 2.24) is 10.2 Å². The number of aromatic nitrogens is 2. The molecule has 0 spiro atoms. The Kier molecular flexibility index (Phi) is 4.84. The molecule has 0 amide bonds. The molecule has 6 nitrogen and oxygen atoms in total. The maximum atomic E-state index is 11.9. The molecule has 1 aromatic heterocycles. The van der Waals surface area contributed by atoms with Gasteiger partial charge < -0.3 is 15.2 Å². The van der Waals surface area contributed by atoms with Crippen LogP contribution in [0.3, 0.4) is 0 Å². The first-order chi connectivity index (χ1) is 9.77. The number of esters is 1. The summed E-state index contributed by atoms with van der Waals surface area (Å²) < 4.78 is 4.99. The van der Waals surface area contributed by atoms with E-state index in [9.17, 15) is 4.79 Å². The van der Waals surface area contributed by atoms with E-state index in [2.05, 4.69) is 15.5 Å². The molecule has 1 heterocycles. The quantitative estimate of drug-likeness (QED) is 0.615. The molecule has 6 heteroatoms.